The zero-order valence-corrected chi connectivity index (χ0v) is 13.8. The number of hydrogen-bond donors (Lipinski definition) is 1. The van der Waals surface area contributed by atoms with Gasteiger partial charge in [0.25, 0.3) is 5.91 Å². The number of aromatic nitrogens is 1. The van der Waals surface area contributed by atoms with Gasteiger partial charge in [0.15, 0.2) is 0 Å². The Morgan fingerprint density at radius 2 is 2.16 bits per heavy atom. The first kappa shape index (κ1) is 14.6. The zero-order valence-electron chi connectivity index (χ0n) is 12.2. The van der Waals surface area contributed by atoms with Gasteiger partial charge in [-0.2, -0.15) is 0 Å². The molecule has 1 aromatic rings. The third-order valence-corrected chi connectivity index (χ3v) is 4.47. The zero-order chi connectivity index (χ0) is 14.2. The first-order chi connectivity index (χ1) is 8.79. The first-order valence-corrected chi connectivity index (χ1v) is 7.74. The Balaban J connectivity index is 2.00. The molecule has 2 rings (SSSR count). The van der Waals surface area contributed by atoms with Crippen molar-refractivity contribution in [1.82, 2.24) is 9.88 Å². The Kier molecular flexibility index (Phi) is 4.09. The smallest absolute Gasteiger partial charge is 0.267 e. The molecule has 1 aromatic heterocycles. The molecule has 19 heavy (non-hydrogen) atoms. The minimum absolute atomic E-state index is 0.0358. The van der Waals surface area contributed by atoms with Gasteiger partial charge in [-0.25, -0.2) is 0 Å². The molecule has 1 heterocycles. The van der Waals surface area contributed by atoms with Gasteiger partial charge in [0.05, 0.1) is 0 Å². The van der Waals surface area contributed by atoms with Crippen LogP contribution in [0.1, 0.15) is 57.1 Å². The summed E-state index contributed by atoms with van der Waals surface area (Å²) >= 11 is 3.46. The fourth-order valence-electron chi connectivity index (χ4n) is 1.92. The maximum absolute atomic E-state index is 12.3. The summed E-state index contributed by atoms with van der Waals surface area (Å²) in [5.74, 6) is 0.484. The molecule has 0 spiro atoms. The summed E-state index contributed by atoms with van der Waals surface area (Å²) in [5, 5.41) is 3.06. The molecular formula is C15H23BrN2O. The van der Waals surface area contributed by atoms with E-state index in [1.807, 2.05) is 12.3 Å². The summed E-state index contributed by atoms with van der Waals surface area (Å²) in [6.45, 7) is 9.50. The number of amides is 1. The standard InChI is InChI=1S/C15H23BrN2O/c1-10(15(2,3)4)8-17-14(19)13-7-11(16)9-18(13)12-5-6-12/h7,9-10,12H,5-6,8H2,1-4H3,(H,17,19). The third-order valence-electron chi connectivity index (χ3n) is 4.04. The quantitative estimate of drug-likeness (QED) is 0.891. The summed E-state index contributed by atoms with van der Waals surface area (Å²) in [7, 11) is 0. The van der Waals surface area contributed by atoms with E-state index in [4.69, 9.17) is 0 Å². The number of hydrogen-bond acceptors (Lipinski definition) is 1. The fourth-order valence-corrected chi connectivity index (χ4v) is 2.36. The Bertz CT molecular complexity index is 469. The lowest BCUT2D eigenvalue weighted by atomic mass is 9.82. The maximum atomic E-state index is 12.3. The summed E-state index contributed by atoms with van der Waals surface area (Å²) in [4.78, 5) is 12.3. The molecule has 106 valence electrons. The Morgan fingerprint density at radius 1 is 1.53 bits per heavy atom. The summed E-state index contributed by atoms with van der Waals surface area (Å²) in [6, 6.07) is 2.43. The Morgan fingerprint density at radius 3 is 2.68 bits per heavy atom. The van der Waals surface area contributed by atoms with Gasteiger partial charge in [-0.15, -0.1) is 0 Å². The second-order valence-electron chi connectivity index (χ2n) is 6.66. The Labute approximate surface area is 123 Å². The highest BCUT2D eigenvalue weighted by Gasteiger charge is 2.28. The van der Waals surface area contributed by atoms with Crippen LogP contribution in [0, 0.1) is 11.3 Å². The highest BCUT2D eigenvalue weighted by molar-refractivity contribution is 9.10. The molecule has 1 unspecified atom stereocenters. The van der Waals surface area contributed by atoms with Gasteiger partial charge >= 0.3 is 0 Å². The molecule has 1 saturated carbocycles. The lowest BCUT2D eigenvalue weighted by Crippen LogP contribution is -2.34. The van der Waals surface area contributed by atoms with Crippen LogP contribution in [0.2, 0.25) is 0 Å². The predicted octanol–water partition coefficient (Wildman–Crippen LogP) is 4.00. The van der Waals surface area contributed by atoms with E-state index >= 15 is 0 Å². The SMILES string of the molecule is CC(CNC(=O)c1cc(Br)cn1C1CC1)C(C)(C)C. The van der Waals surface area contributed by atoms with E-state index in [9.17, 15) is 4.79 Å². The second kappa shape index (κ2) is 5.31. The van der Waals surface area contributed by atoms with Crippen molar-refractivity contribution in [2.45, 2.75) is 46.6 Å². The van der Waals surface area contributed by atoms with Crippen LogP contribution < -0.4 is 5.32 Å². The highest BCUT2D eigenvalue weighted by Crippen LogP contribution is 2.37. The number of rotatable bonds is 4. The monoisotopic (exact) mass is 326 g/mol. The van der Waals surface area contributed by atoms with Crippen LogP contribution >= 0.6 is 15.9 Å². The lowest BCUT2D eigenvalue weighted by molar-refractivity contribution is 0.0927. The van der Waals surface area contributed by atoms with Gasteiger partial charge in [-0.05, 0) is 46.2 Å². The number of nitrogens with one attached hydrogen (secondary N) is 1. The van der Waals surface area contributed by atoms with Gasteiger partial charge in [-0.1, -0.05) is 27.7 Å². The van der Waals surface area contributed by atoms with Crippen molar-refractivity contribution in [3.63, 3.8) is 0 Å². The highest BCUT2D eigenvalue weighted by atomic mass is 79.9. The molecule has 1 aliphatic rings. The molecule has 1 amide bonds. The van der Waals surface area contributed by atoms with E-state index in [0.29, 0.717) is 12.0 Å². The number of nitrogens with zero attached hydrogens (tertiary/aromatic N) is 1. The summed E-state index contributed by atoms with van der Waals surface area (Å²) in [6.07, 6.45) is 4.37. The predicted molar refractivity (Wildman–Crippen MR) is 81.4 cm³/mol. The maximum Gasteiger partial charge on any atom is 0.267 e. The molecule has 1 atom stereocenters. The van der Waals surface area contributed by atoms with Crippen molar-refractivity contribution in [2.24, 2.45) is 11.3 Å². The van der Waals surface area contributed by atoms with Crippen LogP contribution in [0.4, 0.5) is 0 Å². The Hall–Kier alpha value is -0.770. The van der Waals surface area contributed by atoms with Gasteiger partial charge in [0.1, 0.15) is 5.69 Å². The van der Waals surface area contributed by atoms with Crippen molar-refractivity contribution < 1.29 is 4.79 Å². The molecule has 0 radical (unpaired) electrons. The lowest BCUT2D eigenvalue weighted by Gasteiger charge is -2.27. The van der Waals surface area contributed by atoms with Crippen LogP contribution in [0.25, 0.3) is 0 Å². The second-order valence-corrected chi connectivity index (χ2v) is 7.57. The topological polar surface area (TPSA) is 34.0 Å². The molecule has 1 fully saturated rings. The average Bonchev–Trinajstić information content (AvgIpc) is 3.07. The number of halogens is 1. The fraction of sp³-hybridized carbons (Fsp3) is 0.667. The van der Waals surface area contributed by atoms with Crippen LogP contribution in [0.3, 0.4) is 0 Å². The van der Waals surface area contributed by atoms with Crippen LogP contribution in [0.15, 0.2) is 16.7 Å². The van der Waals surface area contributed by atoms with E-state index in [1.54, 1.807) is 0 Å². The van der Waals surface area contributed by atoms with E-state index in [1.165, 1.54) is 12.8 Å². The molecule has 1 N–H and O–H groups in total. The minimum atomic E-state index is 0.0358. The van der Waals surface area contributed by atoms with Crippen molar-refractivity contribution in [3.05, 3.63) is 22.4 Å². The number of carbonyl (C=O) groups excluding carboxylic acids is 1. The van der Waals surface area contributed by atoms with E-state index in [0.717, 1.165) is 16.7 Å². The molecule has 0 bridgehead atoms. The molecule has 3 nitrogen and oxygen atoms in total. The van der Waals surface area contributed by atoms with Gasteiger partial charge in [0, 0.05) is 23.3 Å². The van der Waals surface area contributed by atoms with Crippen LogP contribution in [-0.2, 0) is 0 Å². The average molecular weight is 327 g/mol. The molecule has 1 aliphatic carbocycles. The van der Waals surface area contributed by atoms with Crippen molar-refractivity contribution in [3.8, 4) is 0 Å². The summed E-state index contributed by atoms with van der Waals surface area (Å²) < 4.78 is 3.08. The van der Waals surface area contributed by atoms with E-state index in [2.05, 4.69) is 53.5 Å². The molecular weight excluding hydrogens is 304 g/mol. The van der Waals surface area contributed by atoms with Gasteiger partial charge in [-0.3, -0.25) is 4.79 Å². The third kappa shape index (κ3) is 3.62. The van der Waals surface area contributed by atoms with Crippen molar-refractivity contribution in [1.29, 1.82) is 0 Å². The van der Waals surface area contributed by atoms with E-state index < -0.39 is 0 Å². The summed E-state index contributed by atoms with van der Waals surface area (Å²) in [5.41, 5.74) is 0.988. The minimum Gasteiger partial charge on any atom is -0.350 e. The van der Waals surface area contributed by atoms with Gasteiger partial charge in [0.2, 0.25) is 0 Å². The van der Waals surface area contributed by atoms with Crippen LogP contribution in [0.5, 0.6) is 0 Å². The molecule has 0 aliphatic heterocycles. The normalized spacial score (nSPS) is 17.3. The van der Waals surface area contributed by atoms with Gasteiger partial charge < -0.3 is 9.88 Å². The largest absolute Gasteiger partial charge is 0.350 e. The first-order valence-electron chi connectivity index (χ1n) is 6.94. The van der Waals surface area contributed by atoms with Crippen LogP contribution in [-0.4, -0.2) is 17.0 Å². The molecule has 0 aromatic carbocycles. The molecule has 0 saturated heterocycles. The molecule has 4 heteroatoms. The van der Waals surface area contributed by atoms with Crippen molar-refractivity contribution in [2.75, 3.05) is 6.54 Å². The van der Waals surface area contributed by atoms with Crippen molar-refractivity contribution >= 4 is 21.8 Å². The van der Waals surface area contributed by atoms with E-state index in [-0.39, 0.29) is 11.3 Å². The number of carbonyl (C=O) groups is 1.